The summed E-state index contributed by atoms with van der Waals surface area (Å²) in [6.07, 6.45) is -4.84. The molecular weight excluding hydrogens is 385 g/mol. The lowest BCUT2D eigenvalue weighted by Crippen LogP contribution is -2.25. The number of fused-ring (bicyclic) bond motifs is 2. The zero-order valence-electron chi connectivity index (χ0n) is 15.2. The highest BCUT2D eigenvalue weighted by Gasteiger charge is 2.32. The number of nitrogens with zero attached hydrogens (tertiary/aromatic N) is 1. The van der Waals surface area contributed by atoms with Crippen LogP contribution in [0.5, 0.6) is 17.2 Å². The fourth-order valence-electron chi connectivity index (χ4n) is 3.14. The molecule has 2 N–H and O–H groups in total. The Hall–Kier alpha value is -3.68. The molecule has 29 heavy (non-hydrogen) atoms. The monoisotopic (exact) mass is 400 g/mol. The second kappa shape index (κ2) is 6.73. The maximum absolute atomic E-state index is 13.0. The van der Waals surface area contributed by atoms with Gasteiger partial charge in [-0.2, -0.15) is 0 Å². The third kappa shape index (κ3) is 3.69. The Balaban J connectivity index is 1.75. The highest BCUT2D eigenvalue weighted by Crippen LogP contribution is 2.42. The zero-order chi connectivity index (χ0) is 20.8. The third-order valence-electron chi connectivity index (χ3n) is 4.48. The van der Waals surface area contributed by atoms with Gasteiger partial charge in [0.2, 0.25) is 0 Å². The lowest BCUT2D eigenvalue weighted by molar-refractivity contribution is -0.274. The van der Waals surface area contributed by atoms with Crippen molar-refractivity contribution in [2.24, 2.45) is 0 Å². The lowest BCUT2D eigenvalue weighted by Gasteiger charge is -2.18. The van der Waals surface area contributed by atoms with Crippen molar-refractivity contribution < 1.29 is 27.4 Å². The van der Waals surface area contributed by atoms with Gasteiger partial charge in [-0.3, -0.25) is 4.79 Å². The Morgan fingerprint density at radius 1 is 0.966 bits per heavy atom. The Labute approximate surface area is 164 Å². The van der Waals surface area contributed by atoms with Crippen molar-refractivity contribution in [3.05, 3.63) is 66.2 Å². The zero-order valence-corrected chi connectivity index (χ0v) is 15.2. The van der Waals surface area contributed by atoms with Gasteiger partial charge in [0.25, 0.3) is 5.91 Å². The topological polar surface area (TPSA) is 64.8 Å². The van der Waals surface area contributed by atoms with E-state index in [1.807, 2.05) is 6.07 Å². The van der Waals surface area contributed by atoms with Gasteiger partial charge in [0, 0.05) is 18.8 Å². The molecule has 1 amide bonds. The van der Waals surface area contributed by atoms with Crippen LogP contribution in [0.1, 0.15) is 10.4 Å². The van der Waals surface area contributed by atoms with E-state index in [1.165, 1.54) is 18.0 Å². The first-order chi connectivity index (χ1) is 13.7. The van der Waals surface area contributed by atoms with Crippen molar-refractivity contribution in [1.29, 1.82) is 0 Å². The van der Waals surface area contributed by atoms with Crippen LogP contribution in [0.4, 0.5) is 24.5 Å². The van der Waals surface area contributed by atoms with Crippen LogP contribution < -0.4 is 20.1 Å². The summed E-state index contributed by atoms with van der Waals surface area (Å²) in [5.41, 5.74) is 8.44. The van der Waals surface area contributed by atoms with E-state index in [0.29, 0.717) is 11.4 Å². The molecule has 3 aromatic rings. The number of carbonyl (C=O) groups is 1. The summed E-state index contributed by atoms with van der Waals surface area (Å²) in [5.74, 6) is -0.317. The first kappa shape index (κ1) is 18.7. The van der Waals surface area contributed by atoms with Crippen LogP contribution in [0, 0.1) is 0 Å². The summed E-state index contributed by atoms with van der Waals surface area (Å²) in [5, 5.41) is 0. The van der Waals surface area contributed by atoms with E-state index in [4.69, 9.17) is 10.5 Å². The largest absolute Gasteiger partial charge is 0.573 e. The van der Waals surface area contributed by atoms with Gasteiger partial charge in [-0.15, -0.1) is 13.2 Å². The summed E-state index contributed by atoms with van der Waals surface area (Å²) < 4.78 is 47.4. The van der Waals surface area contributed by atoms with Crippen LogP contribution in [0.3, 0.4) is 0 Å². The molecule has 0 spiro atoms. The predicted molar refractivity (Wildman–Crippen MR) is 102 cm³/mol. The number of nitrogen functional groups attached to an aromatic ring is 1. The van der Waals surface area contributed by atoms with Crippen molar-refractivity contribution in [2.75, 3.05) is 17.7 Å². The molecule has 1 aliphatic rings. The van der Waals surface area contributed by atoms with E-state index in [-0.39, 0.29) is 17.0 Å². The summed E-state index contributed by atoms with van der Waals surface area (Å²) >= 11 is 0. The Bertz CT molecular complexity index is 1110. The van der Waals surface area contributed by atoms with E-state index < -0.39 is 18.0 Å². The molecule has 3 aromatic carbocycles. The molecule has 0 bridgehead atoms. The SMILES string of the molecule is CN1C(=O)c2cc(-c3cccc(N)c3)ccc2Oc2ccc(OC(F)(F)F)cc21. The fraction of sp³-hybridized carbons (Fsp3) is 0.0952. The van der Waals surface area contributed by atoms with Crippen molar-refractivity contribution in [1.82, 2.24) is 0 Å². The second-order valence-electron chi connectivity index (χ2n) is 6.48. The number of benzene rings is 3. The number of rotatable bonds is 2. The third-order valence-corrected chi connectivity index (χ3v) is 4.48. The van der Waals surface area contributed by atoms with Crippen molar-refractivity contribution in [3.63, 3.8) is 0 Å². The Morgan fingerprint density at radius 3 is 2.41 bits per heavy atom. The van der Waals surface area contributed by atoms with E-state index in [0.717, 1.165) is 23.3 Å². The Kier molecular flexibility index (Phi) is 4.34. The molecule has 8 heteroatoms. The molecular formula is C21H15F3N2O3. The average Bonchev–Trinajstić information content (AvgIpc) is 2.76. The summed E-state index contributed by atoms with van der Waals surface area (Å²) in [6.45, 7) is 0. The number of halogens is 3. The van der Waals surface area contributed by atoms with Gasteiger partial charge in [0.15, 0.2) is 5.75 Å². The lowest BCUT2D eigenvalue weighted by atomic mass is 10.0. The fourth-order valence-corrected chi connectivity index (χ4v) is 3.14. The molecule has 0 fully saturated rings. The molecule has 0 saturated carbocycles. The van der Waals surface area contributed by atoms with Gasteiger partial charge in [-0.1, -0.05) is 18.2 Å². The number of hydrogen-bond donors (Lipinski definition) is 1. The van der Waals surface area contributed by atoms with E-state index in [2.05, 4.69) is 4.74 Å². The molecule has 0 aliphatic carbocycles. The first-order valence-electron chi connectivity index (χ1n) is 8.57. The number of ether oxygens (including phenoxy) is 2. The first-order valence-corrected chi connectivity index (χ1v) is 8.57. The standard InChI is InChI=1S/C21H15F3N2O3/c1-26-17-11-15(29-21(22,23)24)6-8-19(17)28-18-7-5-13(10-16(18)20(26)27)12-3-2-4-14(25)9-12/h2-11H,25H2,1H3. The number of anilines is 2. The molecule has 0 unspecified atom stereocenters. The van der Waals surface area contributed by atoms with Crippen LogP contribution in [-0.4, -0.2) is 19.3 Å². The number of amides is 1. The van der Waals surface area contributed by atoms with Crippen molar-refractivity contribution in [2.45, 2.75) is 6.36 Å². The van der Waals surface area contributed by atoms with Gasteiger partial charge in [-0.25, -0.2) is 0 Å². The molecule has 5 nitrogen and oxygen atoms in total. The van der Waals surface area contributed by atoms with Crippen LogP contribution in [0.25, 0.3) is 11.1 Å². The smallest absolute Gasteiger partial charge is 0.454 e. The minimum Gasteiger partial charge on any atom is -0.454 e. The normalized spacial score (nSPS) is 13.2. The van der Waals surface area contributed by atoms with Crippen LogP contribution >= 0.6 is 0 Å². The van der Waals surface area contributed by atoms with Crippen molar-refractivity contribution in [3.8, 4) is 28.4 Å². The van der Waals surface area contributed by atoms with E-state index >= 15 is 0 Å². The molecule has 0 saturated heterocycles. The summed E-state index contributed by atoms with van der Waals surface area (Å²) in [6, 6.07) is 15.9. The number of alkyl halides is 3. The molecule has 4 rings (SSSR count). The number of carbonyl (C=O) groups excluding carboxylic acids is 1. The van der Waals surface area contributed by atoms with E-state index in [1.54, 1.807) is 36.4 Å². The Morgan fingerprint density at radius 2 is 1.69 bits per heavy atom. The number of nitrogens with two attached hydrogens (primary N) is 1. The molecule has 0 aromatic heterocycles. The van der Waals surface area contributed by atoms with Crippen LogP contribution in [0.15, 0.2) is 60.7 Å². The molecule has 0 atom stereocenters. The highest BCUT2D eigenvalue weighted by molar-refractivity contribution is 6.10. The maximum atomic E-state index is 13.0. The minimum absolute atomic E-state index is 0.165. The maximum Gasteiger partial charge on any atom is 0.573 e. The van der Waals surface area contributed by atoms with Gasteiger partial charge in [-0.05, 0) is 47.5 Å². The van der Waals surface area contributed by atoms with Gasteiger partial charge in [0.05, 0.1) is 11.3 Å². The van der Waals surface area contributed by atoms with Crippen LogP contribution in [0.2, 0.25) is 0 Å². The predicted octanol–water partition coefficient (Wildman–Crippen LogP) is 5.22. The summed E-state index contributed by atoms with van der Waals surface area (Å²) in [4.78, 5) is 14.2. The van der Waals surface area contributed by atoms with Crippen LogP contribution in [-0.2, 0) is 0 Å². The molecule has 1 heterocycles. The van der Waals surface area contributed by atoms with Crippen molar-refractivity contribution >= 4 is 17.3 Å². The average molecular weight is 400 g/mol. The molecule has 148 valence electrons. The molecule has 0 radical (unpaired) electrons. The highest BCUT2D eigenvalue weighted by atomic mass is 19.4. The van der Waals surface area contributed by atoms with E-state index in [9.17, 15) is 18.0 Å². The second-order valence-corrected chi connectivity index (χ2v) is 6.48. The minimum atomic E-state index is -4.84. The quantitative estimate of drug-likeness (QED) is 0.600. The molecule has 1 aliphatic heterocycles. The van der Waals surface area contributed by atoms with Gasteiger partial charge in [0.1, 0.15) is 11.5 Å². The summed E-state index contributed by atoms with van der Waals surface area (Å²) in [7, 11) is 1.46. The van der Waals surface area contributed by atoms with Gasteiger partial charge < -0.3 is 20.1 Å². The number of hydrogen-bond acceptors (Lipinski definition) is 4. The van der Waals surface area contributed by atoms with Gasteiger partial charge >= 0.3 is 6.36 Å².